The first kappa shape index (κ1) is 23.0. The topological polar surface area (TPSA) is 58.8 Å². The first-order valence-electron chi connectivity index (χ1n) is 7.99. The number of anilines is 1. The van der Waals surface area contributed by atoms with Gasteiger partial charge in [0.2, 0.25) is 5.91 Å². The number of carbonyl (C=O) groups is 1. The van der Waals surface area contributed by atoms with E-state index < -0.39 is 0 Å². The van der Waals surface area contributed by atoms with Gasteiger partial charge in [-0.2, -0.15) is 0 Å². The molecule has 0 spiro atoms. The predicted molar refractivity (Wildman–Crippen MR) is 103 cm³/mol. The normalized spacial score (nSPS) is 17.8. The van der Waals surface area contributed by atoms with Crippen LogP contribution in [0.2, 0.25) is 0 Å². The van der Waals surface area contributed by atoms with Crippen LogP contribution in [-0.2, 0) is 16.0 Å². The highest BCUT2D eigenvalue weighted by atomic mass is 35.5. The molecule has 0 saturated carbocycles. The number of carbonyl (C=O) groups excluding carboxylic acids is 1. The second kappa shape index (κ2) is 11.5. The van der Waals surface area contributed by atoms with Crippen molar-refractivity contribution in [2.24, 2.45) is 0 Å². The van der Waals surface area contributed by atoms with Gasteiger partial charge in [-0.25, -0.2) is 0 Å². The lowest BCUT2D eigenvalue weighted by Gasteiger charge is -2.41. The van der Waals surface area contributed by atoms with Gasteiger partial charge in [-0.1, -0.05) is 19.1 Å². The maximum Gasteiger partial charge on any atom is 0.227 e. The maximum atomic E-state index is 12.5. The van der Waals surface area contributed by atoms with Crippen LogP contribution in [0.25, 0.3) is 0 Å². The Hall–Kier alpha value is -1.01. The number of methoxy groups -OCH3 is 1. The molecule has 0 radical (unpaired) electrons. The molecule has 2 rings (SSSR count). The van der Waals surface area contributed by atoms with Gasteiger partial charge in [0.25, 0.3) is 0 Å². The molecule has 2 N–H and O–H groups in total. The minimum Gasteiger partial charge on any atom is -0.399 e. The summed E-state index contributed by atoms with van der Waals surface area (Å²) in [6, 6.07) is 7.98. The van der Waals surface area contributed by atoms with Crippen molar-refractivity contribution < 1.29 is 9.53 Å². The van der Waals surface area contributed by atoms with Crippen LogP contribution in [0, 0.1) is 0 Å². The van der Waals surface area contributed by atoms with E-state index in [1.807, 2.05) is 29.2 Å². The van der Waals surface area contributed by atoms with Crippen LogP contribution in [0.1, 0.15) is 18.9 Å². The maximum absolute atomic E-state index is 12.5. The molecule has 0 aromatic heterocycles. The molecule has 138 valence electrons. The number of rotatable bonds is 6. The van der Waals surface area contributed by atoms with Gasteiger partial charge in [-0.05, 0) is 24.1 Å². The summed E-state index contributed by atoms with van der Waals surface area (Å²) in [6.45, 7) is 6.40. The van der Waals surface area contributed by atoms with Gasteiger partial charge in [-0.3, -0.25) is 9.69 Å². The molecule has 0 aliphatic carbocycles. The van der Waals surface area contributed by atoms with Crippen molar-refractivity contribution in [2.45, 2.75) is 25.8 Å². The fraction of sp³-hybridized carbons (Fsp3) is 0.588. The van der Waals surface area contributed by atoms with Gasteiger partial charge in [0, 0.05) is 45.0 Å². The third-order valence-corrected chi connectivity index (χ3v) is 4.35. The highest BCUT2D eigenvalue weighted by Crippen LogP contribution is 2.15. The number of amides is 1. The van der Waals surface area contributed by atoms with E-state index in [0.717, 1.165) is 50.5 Å². The summed E-state index contributed by atoms with van der Waals surface area (Å²) in [5.41, 5.74) is 7.43. The van der Waals surface area contributed by atoms with Crippen molar-refractivity contribution in [3.05, 3.63) is 29.8 Å². The molecule has 1 heterocycles. The van der Waals surface area contributed by atoms with Crippen molar-refractivity contribution in [3.8, 4) is 0 Å². The molecule has 1 aliphatic heterocycles. The summed E-state index contributed by atoms with van der Waals surface area (Å²) in [5, 5.41) is 0. The molecule has 1 aromatic carbocycles. The fourth-order valence-electron chi connectivity index (χ4n) is 2.93. The van der Waals surface area contributed by atoms with E-state index in [4.69, 9.17) is 10.5 Å². The van der Waals surface area contributed by atoms with Crippen molar-refractivity contribution in [2.75, 3.05) is 45.6 Å². The minimum atomic E-state index is 0. The van der Waals surface area contributed by atoms with Crippen LogP contribution in [0.5, 0.6) is 0 Å². The smallest absolute Gasteiger partial charge is 0.227 e. The molecule has 1 fully saturated rings. The van der Waals surface area contributed by atoms with Crippen molar-refractivity contribution >= 4 is 36.4 Å². The van der Waals surface area contributed by atoms with Gasteiger partial charge < -0.3 is 15.4 Å². The van der Waals surface area contributed by atoms with E-state index in [2.05, 4.69) is 11.8 Å². The third-order valence-electron chi connectivity index (χ3n) is 4.35. The molecule has 7 heteroatoms. The fourth-order valence-corrected chi connectivity index (χ4v) is 2.93. The highest BCUT2D eigenvalue weighted by molar-refractivity contribution is 5.85. The molecule has 0 bridgehead atoms. The zero-order chi connectivity index (χ0) is 15.9. The van der Waals surface area contributed by atoms with Crippen LogP contribution in [-0.4, -0.2) is 61.6 Å². The molecule has 5 nitrogen and oxygen atoms in total. The van der Waals surface area contributed by atoms with E-state index in [-0.39, 0.29) is 30.7 Å². The Kier molecular flexibility index (Phi) is 11.0. The number of nitrogens with zero attached hydrogens (tertiary/aromatic N) is 2. The summed E-state index contributed by atoms with van der Waals surface area (Å²) in [7, 11) is 1.73. The van der Waals surface area contributed by atoms with Crippen LogP contribution >= 0.6 is 24.8 Å². The van der Waals surface area contributed by atoms with E-state index in [1.54, 1.807) is 7.11 Å². The third kappa shape index (κ3) is 6.48. The first-order chi connectivity index (χ1) is 10.6. The SMILES string of the molecule is CCC1CN(C(=O)Cc2ccc(N)cc2)CCN1CCOC.Cl.Cl. The quantitative estimate of drug-likeness (QED) is 0.772. The molecule has 1 aliphatic rings. The summed E-state index contributed by atoms with van der Waals surface area (Å²) in [4.78, 5) is 16.9. The Labute approximate surface area is 157 Å². The number of hydrogen-bond donors (Lipinski definition) is 1. The zero-order valence-corrected chi connectivity index (χ0v) is 16.1. The Bertz CT molecular complexity index is 485. The van der Waals surface area contributed by atoms with Gasteiger partial charge in [0.05, 0.1) is 13.0 Å². The number of hydrogen-bond acceptors (Lipinski definition) is 4. The number of benzene rings is 1. The van der Waals surface area contributed by atoms with E-state index >= 15 is 0 Å². The molecular formula is C17H29Cl2N3O2. The second-order valence-electron chi connectivity index (χ2n) is 5.85. The Morgan fingerprint density at radius 1 is 1.25 bits per heavy atom. The summed E-state index contributed by atoms with van der Waals surface area (Å²) >= 11 is 0. The van der Waals surface area contributed by atoms with Crippen LogP contribution in [0.15, 0.2) is 24.3 Å². The first-order valence-corrected chi connectivity index (χ1v) is 7.99. The van der Waals surface area contributed by atoms with E-state index in [0.29, 0.717) is 12.5 Å². The van der Waals surface area contributed by atoms with E-state index in [9.17, 15) is 4.79 Å². The summed E-state index contributed by atoms with van der Waals surface area (Å²) in [5.74, 6) is 0.203. The predicted octanol–water partition coefficient (Wildman–Crippen LogP) is 2.22. The zero-order valence-electron chi connectivity index (χ0n) is 14.4. The monoisotopic (exact) mass is 377 g/mol. The standard InChI is InChI=1S/C17H27N3O2.2ClH/c1-3-16-13-20(9-8-19(16)10-11-22-2)17(21)12-14-4-6-15(18)7-5-14;;/h4-7,16H,3,8-13,18H2,1-2H3;2*1H. The largest absolute Gasteiger partial charge is 0.399 e. The summed E-state index contributed by atoms with van der Waals surface area (Å²) in [6.07, 6.45) is 1.50. The Morgan fingerprint density at radius 2 is 1.92 bits per heavy atom. The van der Waals surface area contributed by atoms with Gasteiger partial charge in [-0.15, -0.1) is 24.8 Å². The van der Waals surface area contributed by atoms with Gasteiger partial charge in [0.1, 0.15) is 0 Å². The number of halogens is 2. The number of nitrogens with two attached hydrogens (primary N) is 1. The average Bonchev–Trinajstić information content (AvgIpc) is 2.54. The van der Waals surface area contributed by atoms with Gasteiger partial charge >= 0.3 is 0 Å². The molecule has 1 atom stereocenters. The van der Waals surface area contributed by atoms with Crippen molar-refractivity contribution in [1.29, 1.82) is 0 Å². The number of ether oxygens (including phenoxy) is 1. The highest BCUT2D eigenvalue weighted by Gasteiger charge is 2.27. The van der Waals surface area contributed by atoms with Crippen LogP contribution < -0.4 is 5.73 Å². The van der Waals surface area contributed by atoms with Crippen molar-refractivity contribution in [1.82, 2.24) is 9.80 Å². The minimum absolute atomic E-state index is 0. The molecular weight excluding hydrogens is 349 g/mol. The second-order valence-corrected chi connectivity index (χ2v) is 5.85. The lowest BCUT2D eigenvalue weighted by molar-refractivity contribution is -0.133. The Morgan fingerprint density at radius 3 is 2.50 bits per heavy atom. The Balaban J connectivity index is 0.00000264. The van der Waals surface area contributed by atoms with Crippen LogP contribution in [0.3, 0.4) is 0 Å². The van der Waals surface area contributed by atoms with E-state index in [1.165, 1.54) is 0 Å². The molecule has 1 saturated heterocycles. The number of nitrogen functional groups attached to an aromatic ring is 1. The summed E-state index contributed by atoms with van der Waals surface area (Å²) < 4.78 is 5.17. The number of piperazine rings is 1. The molecule has 1 amide bonds. The molecule has 1 aromatic rings. The van der Waals surface area contributed by atoms with Crippen LogP contribution in [0.4, 0.5) is 5.69 Å². The molecule has 1 unspecified atom stereocenters. The molecule has 24 heavy (non-hydrogen) atoms. The van der Waals surface area contributed by atoms with Crippen molar-refractivity contribution in [3.63, 3.8) is 0 Å². The average molecular weight is 378 g/mol. The van der Waals surface area contributed by atoms with Gasteiger partial charge in [0.15, 0.2) is 0 Å². The lowest BCUT2D eigenvalue weighted by Crippen LogP contribution is -2.55. The lowest BCUT2D eigenvalue weighted by atomic mass is 10.1.